The topological polar surface area (TPSA) is 79.2 Å². The summed E-state index contributed by atoms with van der Waals surface area (Å²) in [5.41, 5.74) is 2.94. The number of carbonyl (C=O) groups is 2. The Kier molecular flexibility index (Phi) is 6.91. The fourth-order valence-electron chi connectivity index (χ4n) is 2.45. The summed E-state index contributed by atoms with van der Waals surface area (Å²) in [7, 11) is 0. The summed E-state index contributed by atoms with van der Waals surface area (Å²) in [6.07, 6.45) is 3.11. The van der Waals surface area contributed by atoms with Gasteiger partial charge in [-0.1, -0.05) is 38.1 Å². The van der Waals surface area contributed by atoms with E-state index in [0.717, 1.165) is 16.9 Å². The van der Waals surface area contributed by atoms with Crippen molar-refractivity contribution in [2.45, 2.75) is 33.6 Å². The minimum Gasteiger partial charge on any atom is -0.462 e. The van der Waals surface area contributed by atoms with E-state index in [4.69, 9.17) is 4.74 Å². The van der Waals surface area contributed by atoms with E-state index in [2.05, 4.69) is 19.2 Å². The maximum absolute atomic E-state index is 12.2. The molecule has 0 aliphatic rings. The van der Waals surface area contributed by atoms with Crippen LogP contribution < -0.4 is 5.32 Å². The Balaban J connectivity index is 2.14. The van der Waals surface area contributed by atoms with E-state index in [1.807, 2.05) is 30.3 Å². The lowest BCUT2D eigenvalue weighted by atomic mass is 10.0. The van der Waals surface area contributed by atoms with E-state index < -0.39 is 5.97 Å². The molecule has 0 radical (unpaired) electrons. The predicted octanol–water partition coefficient (Wildman–Crippen LogP) is 4.88. The lowest BCUT2D eigenvalue weighted by Crippen LogP contribution is -2.07. The second-order valence-corrected chi connectivity index (χ2v) is 7.26. The monoisotopic (exact) mass is 382 g/mol. The van der Waals surface area contributed by atoms with Crippen molar-refractivity contribution >= 4 is 34.3 Å². The van der Waals surface area contributed by atoms with Crippen LogP contribution in [-0.4, -0.2) is 18.5 Å². The zero-order valence-electron chi connectivity index (χ0n) is 15.8. The second kappa shape index (κ2) is 9.15. The van der Waals surface area contributed by atoms with E-state index in [-0.39, 0.29) is 18.1 Å². The zero-order valence-corrected chi connectivity index (χ0v) is 16.6. The molecule has 0 fully saturated rings. The fraction of sp³-hybridized carbons (Fsp3) is 0.286. The average Bonchev–Trinajstić information content (AvgIpc) is 2.95. The number of benzene rings is 1. The molecule has 0 atom stereocenters. The Labute approximate surface area is 163 Å². The molecule has 1 N–H and O–H groups in total. The number of nitrogens with one attached hydrogen (secondary N) is 1. The van der Waals surface area contributed by atoms with Gasteiger partial charge in [-0.3, -0.25) is 4.79 Å². The maximum Gasteiger partial charge on any atom is 0.348 e. The summed E-state index contributed by atoms with van der Waals surface area (Å²) in [6, 6.07) is 10.0. The summed E-state index contributed by atoms with van der Waals surface area (Å²) < 4.78 is 4.99. The largest absolute Gasteiger partial charge is 0.462 e. The van der Waals surface area contributed by atoms with Crippen molar-refractivity contribution in [3.8, 4) is 6.07 Å². The summed E-state index contributed by atoms with van der Waals surface area (Å²) in [5.74, 6) is -0.403. The molecule has 140 valence electrons. The maximum atomic E-state index is 12.2. The molecule has 27 heavy (non-hydrogen) atoms. The molecular weight excluding hydrogens is 360 g/mol. The number of hydrogen-bond donors (Lipinski definition) is 1. The number of amides is 1. The molecule has 2 rings (SSSR count). The van der Waals surface area contributed by atoms with E-state index in [1.54, 1.807) is 19.9 Å². The minimum atomic E-state index is -0.488. The van der Waals surface area contributed by atoms with Crippen LogP contribution in [0.1, 0.15) is 58.6 Å². The van der Waals surface area contributed by atoms with Crippen LogP contribution in [-0.2, 0) is 9.53 Å². The Morgan fingerprint density at radius 1 is 1.30 bits per heavy atom. The highest BCUT2D eigenvalue weighted by molar-refractivity contribution is 7.18. The average molecular weight is 382 g/mol. The van der Waals surface area contributed by atoms with Crippen molar-refractivity contribution in [3.63, 3.8) is 0 Å². The summed E-state index contributed by atoms with van der Waals surface area (Å²) in [5, 5.41) is 12.4. The van der Waals surface area contributed by atoms with E-state index in [1.165, 1.54) is 11.6 Å². The lowest BCUT2D eigenvalue weighted by molar-refractivity contribution is -0.111. The Hall–Kier alpha value is -2.91. The van der Waals surface area contributed by atoms with Crippen LogP contribution in [0.4, 0.5) is 5.00 Å². The quantitative estimate of drug-likeness (QED) is 0.570. The number of anilines is 1. The molecule has 1 aromatic heterocycles. The van der Waals surface area contributed by atoms with E-state index >= 15 is 0 Å². The van der Waals surface area contributed by atoms with Crippen molar-refractivity contribution in [1.29, 1.82) is 5.26 Å². The van der Waals surface area contributed by atoms with Gasteiger partial charge in [-0.15, -0.1) is 11.3 Å². The first-order valence-electron chi connectivity index (χ1n) is 8.67. The highest BCUT2D eigenvalue weighted by Gasteiger charge is 2.21. The van der Waals surface area contributed by atoms with Crippen LogP contribution in [0, 0.1) is 18.3 Å². The van der Waals surface area contributed by atoms with Crippen LogP contribution in [0.3, 0.4) is 0 Å². The second-order valence-electron chi connectivity index (χ2n) is 6.24. The number of thiophene rings is 1. The van der Waals surface area contributed by atoms with Gasteiger partial charge in [0.1, 0.15) is 15.9 Å². The van der Waals surface area contributed by atoms with Crippen LogP contribution in [0.2, 0.25) is 0 Å². The molecule has 1 aromatic carbocycles. The molecule has 0 aliphatic carbocycles. The van der Waals surface area contributed by atoms with Gasteiger partial charge < -0.3 is 10.1 Å². The normalized spacial score (nSPS) is 10.8. The van der Waals surface area contributed by atoms with Gasteiger partial charge in [-0.25, -0.2) is 4.79 Å². The van der Waals surface area contributed by atoms with Gasteiger partial charge in [0.2, 0.25) is 5.91 Å². The lowest BCUT2D eigenvalue weighted by Gasteiger charge is -2.04. The molecule has 0 spiro atoms. The molecule has 6 heteroatoms. The number of carbonyl (C=O) groups excluding carboxylic acids is 2. The molecule has 0 saturated heterocycles. The number of hydrogen-bond acceptors (Lipinski definition) is 5. The molecule has 2 aromatic rings. The van der Waals surface area contributed by atoms with Crippen molar-refractivity contribution in [2.24, 2.45) is 0 Å². The number of esters is 1. The summed E-state index contributed by atoms with van der Waals surface area (Å²) >= 11 is 1.05. The van der Waals surface area contributed by atoms with Crippen LogP contribution in [0.5, 0.6) is 0 Å². The van der Waals surface area contributed by atoms with Gasteiger partial charge >= 0.3 is 5.97 Å². The highest BCUT2D eigenvalue weighted by atomic mass is 32.1. The van der Waals surface area contributed by atoms with Crippen LogP contribution >= 0.6 is 11.3 Å². The number of ether oxygens (including phenoxy) is 1. The first-order chi connectivity index (χ1) is 12.9. The molecular formula is C21H22N2O3S. The Morgan fingerprint density at radius 2 is 1.96 bits per heavy atom. The Morgan fingerprint density at radius 3 is 2.52 bits per heavy atom. The van der Waals surface area contributed by atoms with Gasteiger partial charge in [0.15, 0.2) is 0 Å². The molecule has 0 saturated carbocycles. The molecule has 5 nitrogen and oxygen atoms in total. The van der Waals surface area contributed by atoms with E-state index in [0.29, 0.717) is 21.4 Å². The standard InChI is InChI=1S/C21H22N2O3S/c1-5-26-21(25)19-14(4)17(12-22)20(27-19)23-18(24)11-8-15-6-9-16(10-7-15)13(2)3/h6-11,13H,5H2,1-4H3,(H,23,24). The Bertz CT molecular complexity index is 903. The van der Waals surface area contributed by atoms with Gasteiger partial charge in [-0.05, 0) is 42.5 Å². The van der Waals surface area contributed by atoms with Crippen LogP contribution in [0.15, 0.2) is 30.3 Å². The molecule has 0 aliphatic heterocycles. The number of rotatable bonds is 6. The zero-order chi connectivity index (χ0) is 20.0. The van der Waals surface area contributed by atoms with Crippen LogP contribution in [0.25, 0.3) is 6.08 Å². The van der Waals surface area contributed by atoms with Gasteiger partial charge in [-0.2, -0.15) is 5.26 Å². The third-order valence-electron chi connectivity index (χ3n) is 3.99. The third kappa shape index (κ3) is 5.05. The fourth-order valence-corrected chi connectivity index (χ4v) is 3.50. The number of nitriles is 1. The van der Waals surface area contributed by atoms with E-state index in [9.17, 15) is 14.9 Å². The first kappa shape index (κ1) is 20.4. The predicted molar refractivity (Wildman–Crippen MR) is 108 cm³/mol. The molecule has 0 unspecified atom stereocenters. The molecule has 1 heterocycles. The summed E-state index contributed by atoms with van der Waals surface area (Å²) in [4.78, 5) is 24.5. The van der Waals surface area contributed by atoms with Gasteiger partial charge in [0, 0.05) is 6.08 Å². The minimum absolute atomic E-state index is 0.248. The smallest absolute Gasteiger partial charge is 0.348 e. The molecule has 0 bridgehead atoms. The SMILES string of the molecule is CCOC(=O)c1sc(NC(=O)C=Cc2ccc(C(C)C)cc2)c(C#N)c1C. The van der Waals surface area contributed by atoms with Gasteiger partial charge in [0.05, 0.1) is 12.2 Å². The van der Waals surface area contributed by atoms with Crippen molar-refractivity contribution in [3.05, 3.63) is 57.5 Å². The highest BCUT2D eigenvalue weighted by Crippen LogP contribution is 2.33. The number of nitrogens with zero attached hydrogens (tertiary/aromatic N) is 1. The van der Waals surface area contributed by atoms with Crippen molar-refractivity contribution in [1.82, 2.24) is 0 Å². The molecule has 1 amide bonds. The van der Waals surface area contributed by atoms with Crippen molar-refractivity contribution in [2.75, 3.05) is 11.9 Å². The van der Waals surface area contributed by atoms with Crippen molar-refractivity contribution < 1.29 is 14.3 Å². The van der Waals surface area contributed by atoms with Gasteiger partial charge in [0.25, 0.3) is 0 Å². The first-order valence-corrected chi connectivity index (χ1v) is 9.48. The third-order valence-corrected chi connectivity index (χ3v) is 5.17. The summed E-state index contributed by atoms with van der Waals surface area (Å²) in [6.45, 7) is 7.88.